The molecule has 4 nitrogen and oxygen atoms in total. The second kappa shape index (κ2) is 6.95. The van der Waals surface area contributed by atoms with Gasteiger partial charge in [0.15, 0.2) is 0 Å². The summed E-state index contributed by atoms with van der Waals surface area (Å²) in [5.74, 6) is -0.422. The molecule has 0 amide bonds. The second-order valence-electron chi connectivity index (χ2n) is 6.27. The number of rotatable bonds is 3. The molecule has 0 bridgehead atoms. The molecule has 0 aliphatic carbocycles. The van der Waals surface area contributed by atoms with Gasteiger partial charge in [0, 0.05) is 30.0 Å². The third-order valence-corrected chi connectivity index (χ3v) is 7.22. The Labute approximate surface area is 166 Å². The van der Waals surface area contributed by atoms with Crippen LogP contribution in [0.2, 0.25) is 10.0 Å². The van der Waals surface area contributed by atoms with Gasteiger partial charge in [0.25, 0.3) is 0 Å². The van der Waals surface area contributed by atoms with Gasteiger partial charge >= 0.3 is 0 Å². The number of sulfonamides is 1. The van der Waals surface area contributed by atoms with Gasteiger partial charge in [-0.05, 0) is 48.0 Å². The quantitative estimate of drug-likeness (QED) is 0.609. The third kappa shape index (κ3) is 3.27. The van der Waals surface area contributed by atoms with E-state index in [9.17, 15) is 12.8 Å². The van der Waals surface area contributed by atoms with Crippen molar-refractivity contribution in [2.75, 3.05) is 6.54 Å². The molecular formula is C19H15Cl2FN2O2S. The van der Waals surface area contributed by atoms with Crippen molar-refractivity contribution < 1.29 is 12.8 Å². The molecule has 0 saturated carbocycles. The maximum absolute atomic E-state index is 13.9. The van der Waals surface area contributed by atoms with E-state index in [2.05, 4.69) is 0 Å². The van der Waals surface area contributed by atoms with Crippen molar-refractivity contribution >= 4 is 33.2 Å². The Bertz CT molecular complexity index is 1110. The zero-order chi connectivity index (χ0) is 19.2. The molecule has 1 aliphatic rings. The Balaban J connectivity index is 1.89. The lowest BCUT2D eigenvalue weighted by molar-refractivity contribution is 0.298. The van der Waals surface area contributed by atoms with Gasteiger partial charge in [-0.3, -0.25) is 0 Å². The van der Waals surface area contributed by atoms with Crippen LogP contribution in [0.1, 0.15) is 17.3 Å². The van der Waals surface area contributed by atoms with Crippen LogP contribution >= 0.6 is 23.2 Å². The Morgan fingerprint density at radius 3 is 2.59 bits per heavy atom. The van der Waals surface area contributed by atoms with Crippen LogP contribution in [0.3, 0.4) is 0 Å². The summed E-state index contributed by atoms with van der Waals surface area (Å²) in [4.78, 5) is -0.0573. The summed E-state index contributed by atoms with van der Waals surface area (Å²) >= 11 is 12.2. The zero-order valence-electron chi connectivity index (χ0n) is 14.0. The minimum Gasteiger partial charge on any atom is -0.348 e. The number of benzene rings is 2. The highest BCUT2D eigenvalue weighted by Gasteiger charge is 2.38. The SMILES string of the molecule is O=S(=O)(c1cc(Cl)ccc1Cl)N1CCn2cccc2C1c1cccc(F)c1. The van der Waals surface area contributed by atoms with E-state index < -0.39 is 21.9 Å². The van der Waals surface area contributed by atoms with Crippen LogP contribution in [0.15, 0.2) is 65.7 Å². The van der Waals surface area contributed by atoms with E-state index in [1.807, 2.05) is 22.9 Å². The standard InChI is InChI=1S/C19H15Cl2FN2O2S/c20-14-6-7-16(21)18(12-14)27(25,26)24-10-9-23-8-2-5-17(23)19(24)13-3-1-4-15(22)11-13/h1-8,11-12,19H,9-10H2. The number of hydrogen-bond donors (Lipinski definition) is 0. The van der Waals surface area contributed by atoms with Crippen LogP contribution in [0, 0.1) is 5.82 Å². The van der Waals surface area contributed by atoms with Crippen LogP contribution in [0.4, 0.5) is 4.39 Å². The topological polar surface area (TPSA) is 42.3 Å². The van der Waals surface area contributed by atoms with E-state index >= 15 is 0 Å². The van der Waals surface area contributed by atoms with E-state index in [0.717, 1.165) is 5.69 Å². The van der Waals surface area contributed by atoms with E-state index in [4.69, 9.17) is 23.2 Å². The molecule has 140 valence electrons. The van der Waals surface area contributed by atoms with Crippen LogP contribution in [0.5, 0.6) is 0 Å². The average molecular weight is 425 g/mol. The Kier molecular flexibility index (Phi) is 4.76. The van der Waals surface area contributed by atoms with E-state index in [0.29, 0.717) is 12.1 Å². The predicted octanol–water partition coefficient (Wildman–Crippen LogP) is 4.73. The van der Waals surface area contributed by atoms with Gasteiger partial charge in [-0.15, -0.1) is 0 Å². The van der Waals surface area contributed by atoms with Gasteiger partial charge in [0.05, 0.1) is 11.1 Å². The fourth-order valence-electron chi connectivity index (χ4n) is 3.44. The summed E-state index contributed by atoms with van der Waals surface area (Å²) in [6.07, 6.45) is 1.89. The fraction of sp³-hybridized carbons (Fsp3) is 0.158. The normalized spacial score (nSPS) is 17.7. The molecule has 1 aliphatic heterocycles. The molecule has 0 saturated heterocycles. The number of hydrogen-bond acceptors (Lipinski definition) is 2. The monoisotopic (exact) mass is 424 g/mol. The third-order valence-electron chi connectivity index (χ3n) is 4.64. The molecule has 4 rings (SSSR count). The smallest absolute Gasteiger partial charge is 0.245 e. The molecule has 8 heteroatoms. The molecular weight excluding hydrogens is 410 g/mol. The van der Waals surface area contributed by atoms with Gasteiger partial charge in [-0.2, -0.15) is 4.31 Å². The van der Waals surface area contributed by atoms with Crippen LogP contribution in [-0.2, 0) is 16.6 Å². The summed E-state index contributed by atoms with van der Waals surface area (Å²) in [5.41, 5.74) is 1.32. The lowest BCUT2D eigenvalue weighted by Gasteiger charge is -2.36. The average Bonchev–Trinajstić information content (AvgIpc) is 3.11. The van der Waals surface area contributed by atoms with Gasteiger partial charge in [-0.1, -0.05) is 35.3 Å². The summed E-state index contributed by atoms with van der Waals surface area (Å²) in [5, 5.41) is 0.374. The molecule has 0 N–H and O–H groups in total. The number of aromatic nitrogens is 1. The van der Waals surface area contributed by atoms with Crippen LogP contribution < -0.4 is 0 Å². The Hall–Kier alpha value is -1.86. The molecule has 2 heterocycles. The largest absolute Gasteiger partial charge is 0.348 e. The van der Waals surface area contributed by atoms with Gasteiger partial charge in [-0.25, -0.2) is 12.8 Å². The minimum absolute atomic E-state index is 0.0573. The highest BCUT2D eigenvalue weighted by atomic mass is 35.5. The van der Waals surface area contributed by atoms with Gasteiger partial charge in [0.2, 0.25) is 10.0 Å². The molecule has 1 aromatic heterocycles. The minimum atomic E-state index is -3.96. The molecule has 0 spiro atoms. The molecule has 27 heavy (non-hydrogen) atoms. The first-order valence-electron chi connectivity index (χ1n) is 8.25. The number of nitrogens with zero attached hydrogens (tertiary/aromatic N) is 2. The Morgan fingerprint density at radius 2 is 1.81 bits per heavy atom. The lowest BCUT2D eigenvalue weighted by Crippen LogP contribution is -2.42. The molecule has 1 unspecified atom stereocenters. The summed E-state index contributed by atoms with van der Waals surface area (Å²) in [7, 11) is -3.96. The highest BCUT2D eigenvalue weighted by Crippen LogP contribution is 2.38. The van der Waals surface area contributed by atoms with Crippen LogP contribution in [-0.4, -0.2) is 23.8 Å². The maximum Gasteiger partial charge on any atom is 0.245 e. The summed E-state index contributed by atoms with van der Waals surface area (Å²) < 4.78 is 44.1. The summed E-state index contributed by atoms with van der Waals surface area (Å²) in [6.45, 7) is 0.722. The first-order chi connectivity index (χ1) is 12.9. The van der Waals surface area contributed by atoms with Crippen molar-refractivity contribution in [3.05, 3.63) is 87.9 Å². The number of halogens is 3. The lowest BCUT2D eigenvalue weighted by atomic mass is 10.0. The van der Waals surface area contributed by atoms with E-state index in [1.165, 1.54) is 34.6 Å². The highest BCUT2D eigenvalue weighted by molar-refractivity contribution is 7.89. The van der Waals surface area contributed by atoms with Crippen molar-refractivity contribution in [3.63, 3.8) is 0 Å². The molecule has 1 atom stereocenters. The molecule has 2 aromatic carbocycles. The zero-order valence-corrected chi connectivity index (χ0v) is 16.3. The first-order valence-corrected chi connectivity index (χ1v) is 10.4. The van der Waals surface area contributed by atoms with Crippen molar-refractivity contribution in [1.29, 1.82) is 0 Å². The fourth-order valence-corrected chi connectivity index (χ4v) is 5.76. The summed E-state index contributed by atoms with van der Waals surface area (Å²) in [6, 6.07) is 13.4. The van der Waals surface area contributed by atoms with Crippen molar-refractivity contribution in [3.8, 4) is 0 Å². The molecule has 0 fully saturated rings. The van der Waals surface area contributed by atoms with Crippen LogP contribution in [0.25, 0.3) is 0 Å². The van der Waals surface area contributed by atoms with E-state index in [1.54, 1.807) is 12.1 Å². The van der Waals surface area contributed by atoms with Crippen molar-refractivity contribution in [1.82, 2.24) is 8.87 Å². The maximum atomic E-state index is 13.9. The van der Waals surface area contributed by atoms with Crippen molar-refractivity contribution in [2.24, 2.45) is 0 Å². The number of fused-ring (bicyclic) bond motifs is 1. The van der Waals surface area contributed by atoms with Gasteiger partial charge < -0.3 is 4.57 Å². The first kappa shape index (κ1) is 18.5. The molecule has 0 radical (unpaired) electrons. The van der Waals surface area contributed by atoms with E-state index in [-0.39, 0.29) is 21.5 Å². The van der Waals surface area contributed by atoms with Crippen molar-refractivity contribution in [2.45, 2.75) is 17.5 Å². The second-order valence-corrected chi connectivity index (χ2v) is 8.98. The Morgan fingerprint density at radius 1 is 1.00 bits per heavy atom. The van der Waals surface area contributed by atoms with Gasteiger partial charge in [0.1, 0.15) is 10.7 Å². The predicted molar refractivity (Wildman–Crippen MR) is 103 cm³/mol. The molecule has 3 aromatic rings.